The Balaban J connectivity index is 1.50. The van der Waals surface area contributed by atoms with Gasteiger partial charge in [0.1, 0.15) is 11.7 Å². The monoisotopic (exact) mass is 388 g/mol. The summed E-state index contributed by atoms with van der Waals surface area (Å²) in [6.07, 6.45) is 9.77. The van der Waals surface area contributed by atoms with Crippen molar-refractivity contribution in [2.24, 2.45) is 39.9 Å². The molecule has 5 aliphatic rings. The van der Waals surface area contributed by atoms with Crippen LogP contribution in [0.1, 0.15) is 79.6 Å². The fourth-order valence-electron chi connectivity index (χ4n) is 8.83. The number of ether oxygens (including phenoxy) is 1. The number of hydrogen-bond donors (Lipinski definition) is 2. The molecular formula is C25H40O3. The number of fused-ring (bicyclic) bond motifs is 2. The molecule has 5 rings (SSSR count). The Labute approximate surface area is 170 Å². The van der Waals surface area contributed by atoms with Crippen molar-refractivity contribution in [1.82, 2.24) is 0 Å². The maximum atomic E-state index is 11.0. The van der Waals surface area contributed by atoms with Crippen molar-refractivity contribution in [1.29, 1.82) is 0 Å². The molecular weight excluding hydrogens is 348 g/mol. The summed E-state index contributed by atoms with van der Waals surface area (Å²) in [6, 6.07) is 0. The standard InChI is InChI=1S/C25H40O3/c1-15-8-9-25-16(2)6-7-17(25)20-22(3,12-18(15)25)10-11-23(20,4)13-19(26)21(27)24(5)14-28-24/h12,15-17,19-21,26-27H,6-11,13-14H2,1-5H3/t15-,16-,17-,19-,20-,21-,22+,23+,24-,25-/m0/s1. The molecule has 3 saturated carbocycles. The Kier molecular flexibility index (Phi) is 4.09. The highest BCUT2D eigenvalue weighted by Gasteiger charge is 2.67. The van der Waals surface area contributed by atoms with Gasteiger partial charge in [-0.15, -0.1) is 0 Å². The Bertz CT molecular complexity index is 696. The molecule has 28 heavy (non-hydrogen) atoms. The van der Waals surface area contributed by atoms with Gasteiger partial charge in [0.05, 0.1) is 12.7 Å². The van der Waals surface area contributed by atoms with Crippen LogP contribution in [0.5, 0.6) is 0 Å². The summed E-state index contributed by atoms with van der Waals surface area (Å²) in [5, 5.41) is 21.6. The molecule has 4 aliphatic carbocycles. The van der Waals surface area contributed by atoms with E-state index in [1.165, 1.54) is 32.1 Å². The van der Waals surface area contributed by atoms with E-state index in [0.29, 0.717) is 24.4 Å². The van der Waals surface area contributed by atoms with Crippen LogP contribution in [-0.4, -0.2) is 34.6 Å². The minimum Gasteiger partial charge on any atom is -0.390 e. The molecule has 0 aromatic rings. The zero-order valence-corrected chi connectivity index (χ0v) is 18.5. The molecule has 0 aromatic carbocycles. The zero-order valence-electron chi connectivity index (χ0n) is 18.5. The van der Waals surface area contributed by atoms with E-state index in [4.69, 9.17) is 4.74 Å². The molecule has 0 radical (unpaired) electrons. The maximum Gasteiger partial charge on any atom is 0.117 e. The Morgan fingerprint density at radius 1 is 1.07 bits per heavy atom. The first-order chi connectivity index (χ1) is 13.1. The van der Waals surface area contributed by atoms with E-state index in [1.807, 2.05) is 6.92 Å². The third-order valence-electron chi connectivity index (χ3n) is 10.4. The number of aliphatic hydroxyl groups is 2. The van der Waals surface area contributed by atoms with E-state index in [0.717, 1.165) is 24.2 Å². The molecule has 0 amide bonds. The highest BCUT2D eigenvalue weighted by atomic mass is 16.6. The van der Waals surface area contributed by atoms with Crippen LogP contribution in [0.4, 0.5) is 0 Å². The molecule has 3 heteroatoms. The van der Waals surface area contributed by atoms with Gasteiger partial charge in [-0.2, -0.15) is 0 Å². The van der Waals surface area contributed by atoms with E-state index in [-0.39, 0.29) is 10.8 Å². The van der Waals surface area contributed by atoms with Crippen molar-refractivity contribution < 1.29 is 14.9 Å². The zero-order chi connectivity index (χ0) is 20.1. The van der Waals surface area contributed by atoms with Crippen LogP contribution in [-0.2, 0) is 4.74 Å². The summed E-state index contributed by atoms with van der Waals surface area (Å²) in [4.78, 5) is 0. The van der Waals surface area contributed by atoms with E-state index in [2.05, 4.69) is 33.8 Å². The highest BCUT2D eigenvalue weighted by Crippen LogP contribution is 2.74. The molecule has 4 fully saturated rings. The summed E-state index contributed by atoms with van der Waals surface area (Å²) in [5.74, 6) is 2.90. The Hall–Kier alpha value is -0.380. The molecule has 2 N–H and O–H groups in total. The molecule has 0 aromatic heterocycles. The third-order valence-corrected chi connectivity index (χ3v) is 10.4. The lowest BCUT2D eigenvalue weighted by atomic mass is 9.50. The second kappa shape index (κ2) is 5.86. The van der Waals surface area contributed by atoms with Crippen LogP contribution in [0.25, 0.3) is 0 Å². The fraction of sp³-hybridized carbons (Fsp3) is 0.920. The molecule has 0 bridgehead atoms. The average Bonchev–Trinajstić information content (AvgIpc) is 3.08. The highest BCUT2D eigenvalue weighted by molar-refractivity contribution is 5.36. The summed E-state index contributed by atoms with van der Waals surface area (Å²) in [5.41, 5.74) is 2.04. The van der Waals surface area contributed by atoms with Crippen LogP contribution in [0.2, 0.25) is 0 Å². The molecule has 0 unspecified atom stereocenters. The van der Waals surface area contributed by atoms with Gasteiger partial charge in [-0.05, 0) is 91.8 Å². The van der Waals surface area contributed by atoms with Crippen molar-refractivity contribution in [2.45, 2.75) is 97.4 Å². The number of epoxide rings is 1. The predicted molar refractivity (Wildman–Crippen MR) is 111 cm³/mol. The first-order valence-corrected chi connectivity index (χ1v) is 11.8. The summed E-state index contributed by atoms with van der Waals surface area (Å²) >= 11 is 0. The average molecular weight is 389 g/mol. The van der Waals surface area contributed by atoms with Crippen LogP contribution < -0.4 is 0 Å². The second-order valence-corrected chi connectivity index (χ2v) is 12.1. The number of allylic oxidation sites excluding steroid dienone is 2. The van der Waals surface area contributed by atoms with E-state index < -0.39 is 17.8 Å². The van der Waals surface area contributed by atoms with E-state index >= 15 is 0 Å². The van der Waals surface area contributed by atoms with Gasteiger partial charge in [-0.3, -0.25) is 0 Å². The normalized spacial score (nSPS) is 56.6. The van der Waals surface area contributed by atoms with E-state index in [9.17, 15) is 10.2 Å². The van der Waals surface area contributed by atoms with Gasteiger partial charge >= 0.3 is 0 Å². The quantitative estimate of drug-likeness (QED) is 0.541. The molecule has 1 aliphatic heterocycles. The Morgan fingerprint density at radius 3 is 2.46 bits per heavy atom. The van der Waals surface area contributed by atoms with Gasteiger partial charge in [0.2, 0.25) is 0 Å². The van der Waals surface area contributed by atoms with Gasteiger partial charge < -0.3 is 14.9 Å². The SMILES string of the molecule is C[C@H]1CC[C@@]23C1=C[C@@]1(C)CC[C@](C)(C[C@H](O)[C@H](O)[C@]4(C)CO4)[C@H]1[C@@H]2CC[C@@H]3C. The fourth-order valence-corrected chi connectivity index (χ4v) is 8.83. The molecule has 158 valence electrons. The van der Waals surface area contributed by atoms with Gasteiger partial charge in [-0.1, -0.05) is 39.3 Å². The number of rotatable bonds is 4. The molecule has 1 heterocycles. The van der Waals surface area contributed by atoms with Crippen LogP contribution in [0.3, 0.4) is 0 Å². The predicted octanol–water partition coefficient (Wildman–Crippen LogP) is 4.71. The first-order valence-electron chi connectivity index (χ1n) is 11.8. The van der Waals surface area contributed by atoms with Gasteiger partial charge in [0, 0.05) is 0 Å². The number of hydrogen-bond acceptors (Lipinski definition) is 3. The molecule has 3 nitrogen and oxygen atoms in total. The van der Waals surface area contributed by atoms with Gasteiger partial charge in [-0.25, -0.2) is 0 Å². The summed E-state index contributed by atoms with van der Waals surface area (Å²) in [7, 11) is 0. The molecule has 1 saturated heterocycles. The lowest BCUT2D eigenvalue weighted by Gasteiger charge is -2.54. The maximum absolute atomic E-state index is 11.0. The lowest BCUT2D eigenvalue weighted by molar-refractivity contribution is -0.0688. The van der Waals surface area contributed by atoms with Crippen molar-refractivity contribution in [3.05, 3.63) is 11.6 Å². The van der Waals surface area contributed by atoms with Crippen LogP contribution in [0, 0.1) is 39.9 Å². The summed E-state index contributed by atoms with van der Waals surface area (Å²) in [6.45, 7) is 12.4. The lowest BCUT2D eigenvalue weighted by Crippen LogP contribution is -2.50. The Morgan fingerprint density at radius 2 is 1.79 bits per heavy atom. The minimum absolute atomic E-state index is 0.0932. The smallest absolute Gasteiger partial charge is 0.117 e. The van der Waals surface area contributed by atoms with Crippen molar-refractivity contribution >= 4 is 0 Å². The van der Waals surface area contributed by atoms with Gasteiger partial charge in [0.15, 0.2) is 0 Å². The second-order valence-electron chi connectivity index (χ2n) is 12.1. The number of aliphatic hydroxyl groups excluding tert-OH is 2. The van der Waals surface area contributed by atoms with Crippen molar-refractivity contribution in [3.8, 4) is 0 Å². The molecule has 1 spiro atoms. The topological polar surface area (TPSA) is 53.0 Å². The minimum atomic E-state index is -0.770. The first kappa shape index (κ1) is 19.6. The molecule has 10 atom stereocenters. The van der Waals surface area contributed by atoms with Crippen LogP contribution in [0.15, 0.2) is 11.6 Å². The van der Waals surface area contributed by atoms with Crippen molar-refractivity contribution in [3.63, 3.8) is 0 Å². The summed E-state index contributed by atoms with van der Waals surface area (Å²) < 4.78 is 5.43. The van der Waals surface area contributed by atoms with Crippen molar-refractivity contribution in [2.75, 3.05) is 6.61 Å². The largest absolute Gasteiger partial charge is 0.390 e. The third kappa shape index (κ3) is 2.39. The van der Waals surface area contributed by atoms with Gasteiger partial charge in [0.25, 0.3) is 0 Å². The van der Waals surface area contributed by atoms with Crippen LogP contribution >= 0.6 is 0 Å². The van der Waals surface area contributed by atoms with E-state index in [1.54, 1.807) is 5.57 Å².